The summed E-state index contributed by atoms with van der Waals surface area (Å²) in [6.07, 6.45) is 3.88. The van der Waals surface area contributed by atoms with Gasteiger partial charge in [-0.1, -0.05) is 0 Å². The highest BCUT2D eigenvalue weighted by atomic mass is 35.7. The van der Waals surface area contributed by atoms with Crippen molar-refractivity contribution < 1.29 is 42.2 Å². The predicted octanol–water partition coefficient (Wildman–Crippen LogP) is -5.52. The lowest BCUT2D eigenvalue weighted by molar-refractivity contribution is -2.00. The molecule has 0 radical (unpaired) electrons. The summed E-state index contributed by atoms with van der Waals surface area (Å²) >= 11 is 0. The van der Waals surface area contributed by atoms with Crippen LogP contribution in [-0.4, -0.2) is 38.6 Å². The Labute approximate surface area is 109 Å². The van der Waals surface area contributed by atoms with Gasteiger partial charge in [-0.2, -0.15) is 0 Å². The van der Waals surface area contributed by atoms with E-state index in [0.717, 1.165) is 0 Å². The molecular weight excluding hydrogens is 286 g/mol. The second kappa shape index (κ2) is 6.00. The van der Waals surface area contributed by atoms with Crippen LogP contribution < -0.4 is 23.5 Å². The molecule has 0 aromatic heterocycles. The zero-order valence-electron chi connectivity index (χ0n) is 10.1. The number of likely N-dealkylation sites (tertiary alicyclic amines) is 1. The molecule has 2 saturated heterocycles. The molecule has 2 rings (SSSR count). The molecule has 1 N–H and O–H groups in total. The van der Waals surface area contributed by atoms with Crippen molar-refractivity contribution in [2.75, 3.05) is 18.8 Å². The fourth-order valence-electron chi connectivity index (χ4n) is 2.49. The van der Waals surface area contributed by atoms with Crippen LogP contribution in [0.25, 0.3) is 0 Å². The summed E-state index contributed by atoms with van der Waals surface area (Å²) < 4.78 is 56.5. The number of rotatable bonds is 1. The van der Waals surface area contributed by atoms with Crippen molar-refractivity contribution in [3.8, 4) is 0 Å². The summed E-state index contributed by atoms with van der Waals surface area (Å²) in [5.74, 6) is 0.434. The lowest BCUT2D eigenvalue weighted by Crippen LogP contribution is -3.20. The Morgan fingerprint density at radius 1 is 1.06 bits per heavy atom. The summed E-state index contributed by atoms with van der Waals surface area (Å²) in [6, 6.07) is 0.408. The van der Waals surface area contributed by atoms with E-state index in [1.807, 2.05) is 6.92 Å². The van der Waals surface area contributed by atoms with Crippen LogP contribution in [0.2, 0.25) is 0 Å². The van der Waals surface area contributed by atoms with E-state index in [1.54, 1.807) is 0 Å². The van der Waals surface area contributed by atoms with Crippen LogP contribution in [-0.2, 0) is 9.84 Å². The highest BCUT2D eigenvalue weighted by Crippen LogP contribution is 2.19. The first-order valence-corrected chi connectivity index (χ1v) is 8.74. The lowest BCUT2D eigenvalue weighted by atomic mass is 10.1. The van der Waals surface area contributed by atoms with Gasteiger partial charge in [-0.25, -0.2) is 27.1 Å². The highest BCUT2D eigenvalue weighted by molar-refractivity contribution is 7.93. The minimum atomic E-state index is -4.94. The molecule has 0 aromatic carbocycles. The van der Waals surface area contributed by atoms with Gasteiger partial charge in [-0.05, 0) is 26.2 Å². The second-order valence-corrected chi connectivity index (χ2v) is 7.90. The summed E-state index contributed by atoms with van der Waals surface area (Å²) in [7, 11) is -7.62. The molecule has 0 bridgehead atoms. The van der Waals surface area contributed by atoms with Crippen molar-refractivity contribution in [2.24, 2.45) is 0 Å². The van der Waals surface area contributed by atoms with Crippen molar-refractivity contribution in [3.63, 3.8) is 0 Å². The van der Waals surface area contributed by atoms with E-state index in [2.05, 4.69) is 0 Å². The molecular formula is C9H18ClNO6S. The molecule has 0 amide bonds. The first kappa shape index (κ1) is 16.1. The van der Waals surface area contributed by atoms with Crippen molar-refractivity contribution in [1.82, 2.24) is 0 Å². The molecule has 108 valence electrons. The first-order chi connectivity index (χ1) is 8.11. The third-order valence-electron chi connectivity index (χ3n) is 3.57. The topological polar surface area (TPSA) is 131 Å². The van der Waals surface area contributed by atoms with E-state index in [4.69, 9.17) is 18.6 Å². The Morgan fingerprint density at radius 2 is 1.50 bits per heavy atom. The van der Waals surface area contributed by atoms with E-state index in [1.165, 1.54) is 37.3 Å². The maximum Gasteiger partial charge on any atom is 0.164 e. The van der Waals surface area contributed by atoms with Gasteiger partial charge >= 0.3 is 0 Å². The standard InChI is InChI=1S/C9H17NO2S.ClHO4/c1-8-9(7-13(8,11)12)10-5-3-2-4-6-10;2-1(3,4)5/h8-9H,2-7H2,1H3;(H,2,3,4,5). The Kier molecular flexibility index (Phi) is 5.36. The number of quaternary nitrogens is 1. The molecule has 0 spiro atoms. The van der Waals surface area contributed by atoms with E-state index in [-0.39, 0.29) is 5.25 Å². The van der Waals surface area contributed by atoms with Gasteiger partial charge in [-0.3, -0.25) is 0 Å². The van der Waals surface area contributed by atoms with Crippen molar-refractivity contribution in [1.29, 1.82) is 0 Å². The summed E-state index contributed by atoms with van der Waals surface area (Å²) in [6.45, 7) is 4.24. The molecule has 2 aliphatic heterocycles. The van der Waals surface area contributed by atoms with Crippen LogP contribution in [0.1, 0.15) is 26.2 Å². The molecule has 9 heteroatoms. The van der Waals surface area contributed by atoms with Crippen LogP contribution in [0.4, 0.5) is 0 Å². The van der Waals surface area contributed by atoms with Gasteiger partial charge in [0.05, 0.1) is 13.1 Å². The molecule has 2 aliphatic rings. The van der Waals surface area contributed by atoms with Gasteiger partial charge in [0, 0.05) is 0 Å². The van der Waals surface area contributed by atoms with Gasteiger partial charge in [0.1, 0.15) is 17.0 Å². The molecule has 2 atom stereocenters. The smallest absolute Gasteiger partial charge is 0.164 e. The summed E-state index contributed by atoms with van der Waals surface area (Å²) in [4.78, 5) is 1.54. The fraction of sp³-hybridized carbons (Fsp3) is 1.00. The van der Waals surface area contributed by atoms with Crippen LogP contribution in [0.3, 0.4) is 0 Å². The number of nitrogens with one attached hydrogen (secondary N) is 1. The highest BCUT2D eigenvalue weighted by Gasteiger charge is 2.49. The monoisotopic (exact) mass is 303 g/mol. The van der Waals surface area contributed by atoms with Crippen molar-refractivity contribution in [3.05, 3.63) is 0 Å². The number of piperidine rings is 1. The summed E-state index contributed by atoms with van der Waals surface area (Å²) in [5.41, 5.74) is 0. The van der Waals surface area contributed by atoms with Gasteiger partial charge in [-0.15, -0.1) is 10.2 Å². The zero-order chi connectivity index (χ0) is 14.0. The molecule has 2 fully saturated rings. The minimum Gasteiger partial charge on any atom is -0.331 e. The van der Waals surface area contributed by atoms with E-state index in [9.17, 15) is 8.42 Å². The largest absolute Gasteiger partial charge is 0.331 e. The number of hydrogen-bond acceptors (Lipinski definition) is 6. The third-order valence-corrected chi connectivity index (χ3v) is 5.85. The molecule has 18 heavy (non-hydrogen) atoms. The van der Waals surface area contributed by atoms with E-state index in [0.29, 0.717) is 11.8 Å². The van der Waals surface area contributed by atoms with Crippen LogP contribution >= 0.6 is 0 Å². The number of sulfone groups is 1. The molecule has 2 heterocycles. The zero-order valence-corrected chi connectivity index (χ0v) is 11.7. The quantitative estimate of drug-likeness (QED) is 0.514. The third kappa shape index (κ3) is 4.96. The predicted molar refractivity (Wildman–Crippen MR) is 51.6 cm³/mol. The summed E-state index contributed by atoms with van der Waals surface area (Å²) in [5, 5.41) is -0.0828. The Bertz CT molecular complexity index is 356. The molecule has 0 aliphatic carbocycles. The Balaban J connectivity index is 0.000000280. The van der Waals surface area contributed by atoms with Crippen molar-refractivity contribution >= 4 is 9.84 Å². The van der Waals surface area contributed by atoms with Gasteiger partial charge in [0.15, 0.2) is 9.84 Å². The van der Waals surface area contributed by atoms with E-state index < -0.39 is 20.1 Å². The van der Waals surface area contributed by atoms with Gasteiger partial charge in [0.2, 0.25) is 0 Å². The van der Waals surface area contributed by atoms with Gasteiger partial charge in [0.25, 0.3) is 0 Å². The van der Waals surface area contributed by atoms with Crippen LogP contribution in [0.15, 0.2) is 0 Å². The number of halogens is 1. The first-order valence-electron chi connectivity index (χ1n) is 5.79. The molecule has 0 saturated carbocycles. The normalized spacial score (nSPS) is 32.1. The minimum absolute atomic E-state index is 0.0828. The maximum atomic E-state index is 11.3. The van der Waals surface area contributed by atoms with Crippen LogP contribution in [0, 0.1) is 10.2 Å². The van der Waals surface area contributed by atoms with Crippen molar-refractivity contribution in [2.45, 2.75) is 37.5 Å². The lowest BCUT2D eigenvalue weighted by Gasteiger charge is -2.40. The molecule has 2 unspecified atom stereocenters. The van der Waals surface area contributed by atoms with Gasteiger partial charge < -0.3 is 4.90 Å². The molecule has 7 nitrogen and oxygen atoms in total. The Hall–Kier alpha value is 0.0400. The Morgan fingerprint density at radius 3 is 1.83 bits per heavy atom. The maximum absolute atomic E-state index is 11.3. The average molecular weight is 304 g/mol. The SMILES string of the molecule is CC1C([NH+]2CCCCC2)CS1(=O)=O.[O-][Cl+3]([O-])([O-])[O-]. The fourth-order valence-corrected chi connectivity index (χ4v) is 4.25. The van der Waals surface area contributed by atoms with E-state index >= 15 is 0 Å². The van der Waals surface area contributed by atoms with Crippen LogP contribution in [0.5, 0.6) is 0 Å². The molecule has 0 aromatic rings. The second-order valence-electron chi connectivity index (χ2n) is 4.74. The average Bonchev–Trinajstić information content (AvgIpc) is 2.25. The number of hydrogen-bond donors (Lipinski definition) is 1.